The van der Waals surface area contributed by atoms with Crippen molar-refractivity contribution in [2.45, 2.75) is 0 Å². The molecule has 0 aliphatic rings. The average molecular weight is 204 g/mol. The quantitative estimate of drug-likeness (QED) is 0.555. The lowest BCUT2D eigenvalue weighted by Crippen LogP contribution is -2.05. The molecule has 3 heteroatoms. The highest BCUT2D eigenvalue weighted by atomic mass is 31.0. The smallest absolute Gasteiger partial charge is 0.347 e. The molecule has 0 aliphatic carbocycles. The fourth-order valence-corrected chi connectivity index (χ4v) is 1.84. The first-order chi connectivity index (χ1) is 6.86. The molecule has 1 heterocycles. The summed E-state index contributed by atoms with van der Waals surface area (Å²) in [6.45, 7) is 0. The van der Waals surface area contributed by atoms with Crippen molar-refractivity contribution in [1.82, 2.24) is 0 Å². The molecular weight excluding hydrogens is 195 g/mol. The number of carbonyl (C=O) groups excluding carboxylic acids is 1. The lowest BCUT2D eigenvalue weighted by molar-refractivity contribution is 0.0740. The van der Waals surface area contributed by atoms with Crippen LogP contribution >= 0.6 is 8.19 Å². The summed E-state index contributed by atoms with van der Waals surface area (Å²) < 4.78 is 5.16. The van der Waals surface area contributed by atoms with Gasteiger partial charge in [-0.25, -0.2) is 4.79 Å². The van der Waals surface area contributed by atoms with Crippen molar-refractivity contribution < 1.29 is 9.53 Å². The number of rotatable bonds is 2. The van der Waals surface area contributed by atoms with Crippen molar-refractivity contribution in [3.63, 3.8) is 0 Å². The highest BCUT2D eigenvalue weighted by Crippen LogP contribution is 2.18. The monoisotopic (exact) mass is 204 g/mol. The molecule has 1 atom stereocenters. The molecule has 0 aliphatic heterocycles. The van der Waals surface area contributed by atoms with Crippen LogP contribution in [0.5, 0.6) is 5.75 Å². The Morgan fingerprint density at radius 1 is 1.07 bits per heavy atom. The Hall–Kier alpha value is -1.53. The van der Waals surface area contributed by atoms with E-state index in [-0.39, 0.29) is 5.97 Å². The summed E-state index contributed by atoms with van der Waals surface area (Å²) >= 11 is 0. The SMILES string of the molecule is O=C(Oc1ccccc1)c1ccc[pH]1. The van der Waals surface area contributed by atoms with E-state index in [1.807, 2.05) is 30.1 Å². The van der Waals surface area contributed by atoms with Crippen LogP contribution in [-0.4, -0.2) is 5.97 Å². The molecule has 0 saturated carbocycles. The lowest BCUT2D eigenvalue weighted by atomic mass is 10.3. The fraction of sp³-hybridized carbons (Fsp3) is 0. The number of ether oxygens (including phenoxy) is 1. The van der Waals surface area contributed by atoms with Crippen LogP contribution in [0, 0.1) is 0 Å². The van der Waals surface area contributed by atoms with Crippen LogP contribution in [0.15, 0.2) is 48.3 Å². The predicted molar refractivity (Wildman–Crippen MR) is 57.3 cm³/mol. The number of carbonyl (C=O) groups is 1. The first kappa shape index (κ1) is 9.04. The standard InChI is InChI=1S/C11H9O2P/c12-11(10-7-4-8-14-10)13-9-5-2-1-3-6-9/h1-8,14H. The molecule has 0 fully saturated rings. The second-order valence-corrected chi connectivity index (χ2v) is 3.95. The number of esters is 1. The third kappa shape index (κ3) is 2.04. The van der Waals surface area contributed by atoms with E-state index in [0.29, 0.717) is 13.9 Å². The van der Waals surface area contributed by atoms with Gasteiger partial charge in [-0.1, -0.05) is 24.3 Å². The van der Waals surface area contributed by atoms with E-state index in [1.165, 1.54) is 0 Å². The zero-order chi connectivity index (χ0) is 9.80. The number of para-hydroxylation sites is 1. The topological polar surface area (TPSA) is 26.3 Å². The largest absolute Gasteiger partial charge is 0.423 e. The minimum Gasteiger partial charge on any atom is -0.423 e. The van der Waals surface area contributed by atoms with Crippen LogP contribution in [0.25, 0.3) is 0 Å². The van der Waals surface area contributed by atoms with Gasteiger partial charge in [-0.05, 0) is 24.0 Å². The maximum absolute atomic E-state index is 11.5. The Morgan fingerprint density at radius 3 is 2.50 bits per heavy atom. The van der Waals surface area contributed by atoms with Gasteiger partial charge in [0.1, 0.15) is 5.75 Å². The highest BCUT2D eigenvalue weighted by molar-refractivity contribution is 7.31. The van der Waals surface area contributed by atoms with Gasteiger partial charge in [0.2, 0.25) is 0 Å². The van der Waals surface area contributed by atoms with Crippen molar-refractivity contribution in [3.05, 3.63) is 53.6 Å². The second kappa shape index (κ2) is 4.12. The van der Waals surface area contributed by atoms with E-state index < -0.39 is 0 Å². The zero-order valence-corrected chi connectivity index (χ0v) is 8.44. The summed E-state index contributed by atoms with van der Waals surface area (Å²) in [7, 11) is 0.438. The summed E-state index contributed by atoms with van der Waals surface area (Å²) in [5, 5.41) is 0.730. The number of hydrogen-bond donors (Lipinski definition) is 0. The van der Waals surface area contributed by atoms with E-state index in [9.17, 15) is 4.79 Å². The molecule has 1 aromatic heterocycles. The Labute approximate surface area is 83.6 Å². The van der Waals surface area contributed by atoms with Gasteiger partial charge in [-0.15, -0.1) is 8.19 Å². The number of benzene rings is 1. The van der Waals surface area contributed by atoms with Gasteiger partial charge in [-0.2, -0.15) is 0 Å². The minimum absolute atomic E-state index is 0.250. The summed E-state index contributed by atoms with van der Waals surface area (Å²) in [5.74, 6) is 2.30. The fourth-order valence-electron chi connectivity index (χ4n) is 1.11. The van der Waals surface area contributed by atoms with Gasteiger partial charge in [0, 0.05) is 0 Å². The van der Waals surface area contributed by atoms with Gasteiger partial charge in [0.05, 0.1) is 5.30 Å². The molecule has 1 aromatic carbocycles. The van der Waals surface area contributed by atoms with E-state index >= 15 is 0 Å². The normalized spacial score (nSPS) is 10.3. The van der Waals surface area contributed by atoms with E-state index in [4.69, 9.17) is 4.74 Å². The van der Waals surface area contributed by atoms with Gasteiger partial charge in [0.25, 0.3) is 0 Å². The molecule has 0 amide bonds. The van der Waals surface area contributed by atoms with Gasteiger partial charge < -0.3 is 4.74 Å². The lowest BCUT2D eigenvalue weighted by Gasteiger charge is -2.01. The minimum atomic E-state index is -0.250. The molecule has 2 rings (SSSR count). The van der Waals surface area contributed by atoms with Crippen molar-refractivity contribution in [1.29, 1.82) is 0 Å². The first-order valence-electron chi connectivity index (χ1n) is 4.27. The van der Waals surface area contributed by atoms with Crippen molar-refractivity contribution in [3.8, 4) is 5.75 Å². The molecule has 0 radical (unpaired) electrons. The summed E-state index contributed by atoms with van der Waals surface area (Å²) in [5.41, 5.74) is 0. The van der Waals surface area contributed by atoms with Crippen LogP contribution in [0.3, 0.4) is 0 Å². The Balaban J connectivity index is 2.10. The van der Waals surface area contributed by atoms with E-state index in [2.05, 4.69) is 0 Å². The van der Waals surface area contributed by atoms with Crippen molar-refractivity contribution >= 4 is 14.2 Å². The van der Waals surface area contributed by atoms with Crippen LogP contribution in [-0.2, 0) is 0 Å². The van der Waals surface area contributed by atoms with E-state index in [0.717, 1.165) is 5.30 Å². The van der Waals surface area contributed by atoms with Crippen LogP contribution < -0.4 is 4.74 Å². The van der Waals surface area contributed by atoms with Crippen LogP contribution in [0.4, 0.5) is 0 Å². The Bertz CT molecular complexity index is 406. The molecular formula is C11H9O2P. The average Bonchev–Trinajstić information content (AvgIpc) is 2.72. The molecule has 14 heavy (non-hydrogen) atoms. The molecule has 0 bridgehead atoms. The van der Waals surface area contributed by atoms with Gasteiger partial charge >= 0.3 is 5.97 Å². The van der Waals surface area contributed by atoms with Crippen molar-refractivity contribution in [2.75, 3.05) is 0 Å². The molecule has 1 unspecified atom stereocenters. The molecule has 2 aromatic rings. The van der Waals surface area contributed by atoms with Crippen LogP contribution in [0.2, 0.25) is 0 Å². The van der Waals surface area contributed by atoms with Gasteiger partial charge in [-0.3, -0.25) is 0 Å². The third-order valence-electron chi connectivity index (χ3n) is 1.77. The highest BCUT2D eigenvalue weighted by Gasteiger charge is 2.07. The molecule has 70 valence electrons. The van der Waals surface area contributed by atoms with Crippen molar-refractivity contribution in [2.24, 2.45) is 0 Å². The summed E-state index contributed by atoms with van der Waals surface area (Å²) in [4.78, 5) is 11.5. The van der Waals surface area contributed by atoms with E-state index in [1.54, 1.807) is 18.2 Å². The molecule has 0 N–H and O–H groups in total. The number of hydrogen-bond acceptors (Lipinski definition) is 2. The second-order valence-electron chi connectivity index (χ2n) is 2.79. The predicted octanol–water partition coefficient (Wildman–Crippen LogP) is 2.94. The molecule has 0 spiro atoms. The maximum atomic E-state index is 11.5. The molecule has 2 nitrogen and oxygen atoms in total. The molecule has 0 saturated heterocycles. The Kier molecular flexibility index (Phi) is 2.66. The maximum Gasteiger partial charge on any atom is 0.347 e. The third-order valence-corrected chi connectivity index (χ3v) is 2.81. The first-order valence-corrected chi connectivity index (χ1v) is 5.34. The Morgan fingerprint density at radius 2 is 1.86 bits per heavy atom. The van der Waals surface area contributed by atoms with Crippen LogP contribution in [0.1, 0.15) is 10.1 Å². The zero-order valence-electron chi connectivity index (χ0n) is 7.44. The summed E-state index contributed by atoms with van der Waals surface area (Å²) in [6.07, 6.45) is 0. The van der Waals surface area contributed by atoms with Gasteiger partial charge in [0.15, 0.2) is 0 Å². The summed E-state index contributed by atoms with van der Waals surface area (Å²) in [6, 6.07) is 12.8.